The maximum atomic E-state index is 15.3. The number of halogens is 1. The van der Waals surface area contributed by atoms with Crippen LogP contribution in [-0.2, 0) is 29.7 Å². The molecule has 1 amide bonds. The van der Waals surface area contributed by atoms with Gasteiger partial charge in [-0.25, -0.2) is 12.8 Å². The number of esters is 1. The lowest BCUT2D eigenvalue weighted by Gasteiger charge is -2.42. The molecule has 3 atom stereocenters. The van der Waals surface area contributed by atoms with Gasteiger partial charge in [0.2, 0.25) is 5.91 Å². The highest BCUT2D eigenvalue weighted by Crippen LogP contribution is 2.47. The monoisotopic (exact) mass is 613 g/mol. The van der Waals surface area contributed by atoms with Crippen LogP contribution in [0.25, 0.3) is 0 Å². The van der Waals surface area contributed by atoms with Crippen molar-refractivity contribution in [3.63, 3.8) is 0 Å². The van der Waals surface area contributed by atoms with Crippen LogP contribution in [0.5, 0.6) is 0 Å². The van der Waals surface area contributed by atoms with Crippen LogP contribution in [0.1, 0.15) is 90.2 Å². The molecule has 2 unspecified atom stereocenters. The van der Waals surface area contributed by atoms with Crippen molar-refractivity contribution in [1.82, 2.24) is 4.90 Å². The first kappa shape index (κ1) is 32.7. The van der Waals surface area contributed by atoms with Crippen molar-refractivity contribution in [3.8, 4) is 0 Å². The lowest BCUT2D eigenvalue weighted by Crippen LogP contribution is -2.55. The SMILES string of the molecule is C=CS(=O)(=O)c1ccc(N[C@@H]2CCCN(C3(C)C(=O)Nc4c(C(CCCC)CC(=O)OC(C)(C)C)cc(F)cc43)C2)cc1. The van der Waals surface area contributed by atoms with Crippen molar-refractivity contribution >= 4 is 33.1 Å². The minimum Gasteiger partial charge on any atom is -0.460 e. The van der Waals surface area contributed by atoms with Crippen molar-refractivity contribution < 1.29 is 27.1 Å². The van der Waals surface area contributed by atoms with Crippen LogP contribution in [0.15, 0.2) is 53.3 Å². The number of amides is 1. The van der Waals surface area contributed by atoms with E-state index in [9.17, 15) is 18.0 Å². The molecule has 1 fully saturated rings. The average molecular weight is 614 g/mol. The van der Waals surface area contributed by atoms with E-state index >= 15 is 4.39 Å². The smallest absolute Gasteiger partial charge is 0.306 e. The van der Waals surface area contributed by atoms with E-state index in [1.54, 1.807) is 24.3 Å². The Labute approximate surface area is 255 Å². The molecule has 0 spiro atoms. The third-order valence-electron chi connectivity index (χ3n) is 8.34. The Balaban J connectivity index is 1.60. The van der Waals surface area contributed by atoms with Crippen LogP contribution in [0, 0.1) is 5.82 Å². The van der Waals surface area contributed by atoms with Gasteiger partial charge in [-0.3, -0.25) is 14.5 Å². The summed E-state index contributed by atoms with van der Waals surface area (Å²) in [6.07, 6.45) is 4.21. The number of likely N-dealkylation sites (tertiary alicyclic amines) is 1. The fourth-order valence-electron chi connectivity index (χ4n) is 6.12. The molecule has 2 aliphatic heterocycles. The number of rotatable bonds is 11. The zero-order valence-electron chi connectivity index (χ0n) is 25.8. The van der Waals surface area contributed by atoms with Crippen LogP contribution >= 0.6 is 0 Å². The number of hydrogen-bond acceptors (Lipinski definition) is 7. The summed E-state index contributed by atoms with van der Waals surface area (Å²) in [4.78, 5) is 28.8. The van der Waals surface area contributed by atoms with Gasteiger partial charge in [0.1, 0.15) is 17.0 Å². The van der Waals surface area contributed by atoms with Gasteiger partial charge in [-0.05, 0) is 101 Å². The molecule has 2 aromatic carbocycles. The summed E-state index contributed by atoms with van der Waals surface area (Å²) >= 11 is 0. The second-order valence-corrected chi connectivity index (χ2v) is 14.6. The Bertz CT molecular complexity index is 1470. The first-order valence-electron chi connectivity index (χ1n) is 15.0. The normalized spacial score (nSPS) is 21.5. The van der Waals surface area contributed by atoms with Crippen molar-refractivity contribution in [2.45, 2.75) is 101 Å². The van der Waals surface area contributed by atoms with Gasteiger partial charge in [0.25, 0.3) is 0 Å². The third kappa shape index (κ3) is 7.29. The predicted octanol–water partition coefficient (Wildman–Crippen LogP) is 6.49. The fourth-order valence-corrected chi connectivity index (χ4v) is 6.83. The number of carbonyl (C=O) groups excluding carboxylic acids is 2. The number of piperidine rings is 1. The van der Waals surface area contributed by atoms with Crippen LogP contribution in [0.4, 0.5) is 15.8 Å². The number of nitrogens with one attached hydrogen (secondary N) is 2. The molecular formula is C33H44FN3O5S. The largest absolute Gasteiger partial charge is 0.460 e. The second kappa shape index (κ2) is 12.8. The van der Waals surface area contributed by atoms with Gasteiger partial charge < -0.3 is 15.4 Å². The molecule has 1 saturated heterocycles. The highest BCUT2D eigenvalue weighted by atomic mass is 32.2. The maximum Gasteiger partial charge on any atom is 0.306 e. The van der Waals surface area contributed by atoms with Gasteiger partial charge in [-0.2, -0.15) is 0 Å². The molecule has 43 heavy (non-hydrogen) atoms. The first-order valence-corrected chi connectivity index (χ1v) is 16.6. The van der Waals surface area contributed by atoms with E-state index in [-0.39, 0.29) is 35.2 Å². The van der Waals surface area contributed by atoms with Crippen LogP contribution in [0.3, 0.4) is 0 Å². The number of benzene rings is 2. The number of carbonyl (C=O) groups is 2. The molecule has 2 aliphatic rings. The van der Waals surface area contributed by atoms with Crippen molar-refractivity contribution in [2.24, 2.45) is 0 Å². The molecule has 2 N–H and O–H groups in total. The molecule has 0 radical (unpaired) electrons. The number of nitrogens with zero attached hydrogens (tertiary/aromatic N) is 1. The van der Waals surface area contributed by atoms with E-state index in [0.717, 1.165) is 36.8 Å². The van der Waals surface area contributed by atoms with E-state index in [0.29, 0.717) is 36.3 Å². The Morgan fingerprint density at radius 1 is 1.28 bits per heavy atom. The molecule has 8 nitrogen and oxygen atoms in total. The first-order chi connectivity index (χ1) is 20.2. The fraction of sp³-hybridized carbons (Fsp3) is 0.515. The van der Waals surface area contributed by atoms with Crippen molar-refractivity contribution in [1.29, 1.82) is 0 Å². The highest BCUT2D eigenvalue weighted by molar-refractivity contribution is 7.94. The highest BCUT2D eigenvalue weighted by Gasteiger charge is 2.50. The third-order valence-corrected chi connectivity index (χ3v) is 9.71. The van der Waals surface area contributed by atoms with Gasteiger partial charge >= 0.3 is 5.97 Å². The molecule has 0 aliphatic carbocycles. The summed E-state index contributed by atoms with van der Waals surface area (Å²) < 4.78 is 45.1. The number of ether oxygens (including phenoxy) is 1. The van der Waals surface area contributed by atoms with Crippen LogP contribution in [0.2, 0.25) is 0 Å². The Morgan fingerprint density at radius 3 is 2.60 bits per heavy atom. The van der Waals surface area contributed by atoms with Gasteiger partial charge in [-0.1, -0.05) is 26.3 Å². The predicted molar refractivity (Wildman–Crippen MR) is 167 cm³/mol. The molecule has 0 bridgehead atoms. The minimum absolute atomic E-state index is 0.0122. The van der Waals surface area contributed by atoms with E-state index in [1.807, 2.05) is 27.7 Å². The quantitative estimate of drug-likeness (QED) is 0.279. The molecule has 2 aromatic rings. The van der Waals surface area contributed by atoms with Gasteiger partial charge in [0.05, 0.1) is 17.0 Å². The van der Waals surface area contributed by atoms with E-state index < -0.39 is 26.8 Å². The standard InChI is InChI=1S/C33H44FN3O5S/c1-7-9-11-22(18-29(38)42-32(3,4)5)27-19-23(34)20-28-30(27)36-31(39)33(28,6)37-17-10-12-25(21-37)35-24-13-15-26(16-14-24)43(40,41)8-2/h8,13-16,19-20,22,25,35H,2,7,9-12,17-18,21H2,1,3-6H3,(H,36,39)/t22?,25-,33?/m1/s1. The molecule has 2 heterocycles. The van der Waals surface area contributed by atoms with Gasteiger partial charge in [0, 0.05) is 29.2 Å². The molecular weight excluding hydrogens is 569 g/mol. The number of hydrogen-bond donors (Lipinski definition) is 2. The average Bonchev–Trinajstić information content (AvgIpc) is 3.20. The maximum absolute atomic E-state index is 15.3. The summed E-state index contributed by atoms with van der Waals surface area (Å²) in [7, 11) is -3.52. The molecule has 10 heteroatoms. The summed E-state index contributed by atoms with van der Waals surface area (Å²) in [5, 5.41) is 7.46. The van der Waals surface area contributed by atoms with Crippen molar-refractivity contribution in [2.75, 3.05) is 23.7 Å². The summed E-state index contributed by atoms with van der Waals surface area (Å²) in [5.41, 5.74) is 0.840. The topological polar surface area (TPSA) is 105 Å². The Kier molecular flexibility index (Phi) is 9.71. The molecule has 4 rings (SSSR count). The molecule has 0 aromatic heterocycles. The lowest BCUT2D eigenvalue weighted by atomic mass is 9.83. The van der Waals surface area contributed by atoms with Gasteiger partial charge in [0.15, 0.2) is 9.84 Å². The lowest BCUT2D eigenvalue weighted by molar-refractivity contribution is -0.155. The Morgan fingerprint density at radius 2 is 1.98 bits per heavy atom. The van der Waals surface area contributed by atoms with Crippen LogP contribution in [-0.4, -0.2) is 49.9 Å². The summed E-state index contributed by atoms with van der Waals surface area (Å²) in [6.45, 7) is 13.9. The number of unbranched alkanes of at least 4 members (excludes halogenated alkanes) is 1. The zero-order valence-corrected chi connectivity index (χ0v) is 26.7. The number of fused-ring (bicyclic) bond motifs is 1. The second-order valence-electron chi connectivity index (χ2n) is 12.7. The van der Waals surface area contributed by atoms with Gasteiger partial charge in [-0.15, -0.1) is 0 Å². The minimum atomic E-state index is -3.52. The van der Waals surface area contributed by atoms with E-state index in [4.69, 9.17) is 4.74 Å². The Hall–Kier alpha value is -3.24. The molecule has 0 saturated carbocycles. The van der Waals surface area contributed by atoms with E-state index in [2.05, 4.69) is 29.0 Å². The summed E-state index contributed by atoms with van der Waals surface area (Å²) in [5.74, 6) is -1.31. The molecule has 234 valence electrons. The van der Waals surface area contributed by atoms with Crippen molar-refractivity contribution in [3.05, 3.63) is 65.3 Å². The summed E-state index contributed by atoms with van der Waals surface area (Å²) in [6, 6.07) is 9.40. The van der Waals surface area contributed by atoms with Crippen LogP contribution < -0.4 is 10.6 Å². The van der Waals surface area contributed by atoms with E-state index in [1.165, 1.54) is 12.1 Å². The number of sulfone groups is 1. The number of anilines is 2. The zero-order chi connectivity index (χ0) is 31.6.